The number of benzene rings is 2. The Morgan fingerprint density at radius 1 is 1.00 bits per heavy atom. The Hall–Kier alpha value is -2.53. The van der Waals surface area contributed by atoms with Gasteiger partial charge >= 0.3 is 0 Å². The second kappa shape index (κ2) is 12.1. The summed E-state index contributed by atoms with van der Waals surface area (Å²) in [6.45, 7) is 5.28. The maximum absolute atomic E-state index is 8.55. The van der Waals surface area contributed by atoms with Gasteiger partial charge in [0.15, 0.2) is 5.82 Å². The summed E-state index contributed by atoms with van der Waals surface area (Å²) in [5.74, 6) is 0.686. The second-order valence-electron chi connectivity index (χ2n) is 8.02. The molecule has 0 aliphatic carbocycles. The van der Waals surface area contributed by atoms with Crippen molar-refractivity contribution in [1.29, 1.82) is 0 Å². The van der Waals surface area contributed by atoms with Gasteiger partial charge in [0.2, 0.25) is 5.13 Å². The van der Waals surface area contributed by atoms with Crippen molar-refractivity contribution in [3.8, 4) is 11.4 Å². The molecule has 1 heterocycles. The van der Waals surface area contributed by atoms with Gasteiger partial charge in [0.1, 0.15) is 0 Å². The van der Waals surface area contributed by atoms with Gasteiger partial charge in [-0.3, -0.25) is 0 Å². The monoisotopic (exact) mass is 490 g/mol. The smallest absolute Gasteiger partial charge is 0.249 e. The van der Waals surface area contributed by atoms with Gasteiger partial charge in [-0.05, 0) is 31.2 Å². The number of phosphoric acid groups is 1. The molecular weight excluding hydrogens is 463 g/mol. The molecule has 0 unspecified atom stereocenters. The predicted octanol–water partition coefficient (Wildman–Crippen LogP) is 2.33. The molecule has 0 saturated carbocycles. The number of hydrogen-bond donors (Lipinski definition) is 0. The summed E-state index contributed by atoms with van der Waals surface area (Å²) in [6.07, 6.45) is 0. The van der Waals surface area contributed by atoms with E-state index in [1.54, 1.807) is 0 Å². The first-order valence-corrected chi connectivity index (χ1v) is 12.4. The maximum atomic E-state index is 8.55. The lowest BCUT2D eigenvalue weighted by Gasteiger charge is -2.36. The molecule has 33 heavy (non-hydrogen) atoms. The van der Waals surface area contributed by atoms with Crippen LogP contribution in [0, 0.1) is 0 Å². The van der Waals surface area contributed by atoms with Crippen LogP contribution in [0.1, 0.15) is 6.92 Å². The standard InChI is InChI=1S/C21H27N6S.H3O4P/c1-5-26(15-16-27(2,3)4)19-13-11-18(12-14-19)23-24-21-22-20(25-28-21)17-9-7-6-8-10-17;1-5(2,3)4/h6-14H,5,15-16H2,1-4H3;(H3,1,2,3,4)/q+1;/p-3. The van der Waals surface area contributed by atoms with Gasteiger partial charge < -0.3 is 28.6 Å². The van der Waals surface area contributed by atoms with E-state index in [1.807, 2.05) is 42.5 Å². The molecule has 0 saturated heterocycles. The number of hydrogen-bond acceptors (Lipinski definition) is 10. The van der Waals surface area contributed by atoms with E-state index in [2.05, 4.69) is 64.7 Å². The SMILES string of the molecule is CCN(CC[N+](C)(C)C)c1ccc(N=Nc2nc(-c3ccccc3)ns2)cc1.O=P([O-])([O-])[O-]. The van der Waals surface area contributed by atoms with E-state index < -0.39 is 7.82 Å². The zero-order valence-electron chi connectivity index (χ0n) is 19.0. The zero-order chi connectivity index (χ0) is 24.5. The van der Waals surface area contributed by atoms with Crippen LogP contribution in [0.2, 0.25) is 0 Å². The minimum atomic E-state index is -5.39. The fraction of sp³-hybridized carbons (Fsp3) is 0.333. The first kappa shape index (κ1) is 26.7. The molecule has 3 aromatic rings. The Morgan fingerprint density at radius 2 is 1.61 bits per heavy atom. The van der Waals surface area contributed by atoms with Crippen LogP contribution < -0.4 is 19.6 Å². The van der Waals surface area contributed by atoms with Gasteiger partial charge in [-0.15, -0.1) is 10.2 Å². The van der Waals surface area contributed by atoms with E-state index in [-0.39, 0.29) is 0 Å². The average Bonchev–Trinajstić information content (AvgIpc) is 3.21. The van der Waals surface area contributed by atoms with E-state index in [0.717, 1.165) is 35.4 Å². The van der Waals surface area contributed by atoms with E-state index in [0.29, 0.717) is 11.0 Å². The molecule has 0 spiro atoms. The lowest BCUT2D eigenvalue weighted by atomic mass is 10.2. The lowest BCUT2D eigenvalue weighted by molar-refractivity contribution is -0.868. The van der Waals surface area contributed by atoms with E-state index >= 15 is 0 Å². The highest BCUT2D eigenvalue weighted by Gasteiger charge is 2.11. The third kappa shape index (κ3) is 10.8. The van der Waals surface area contributed by atoms with Crippen molar-refractivity contribution in [3.05, 3.63) is 54.6 Å². The molecule has 0 radical (unpaired) electrons. The molecule has 0 atom stereocenters. The molecule has 0 fully saturated rings. The fourth-order valence-corrected chi connectivity index (χ4v) is 3.20. The number of nitrogens with zero attached hydrogens (tertiary/aromatic N) is 6. The first-order valence-electron chi connectivity index (χ1n) is 10.1. The quantitative estimate of drug-likeness (QED) is 0.268. The van der Waals surface area contributed by atoms with Crippen LogP contribution in [-0.4, -0.2) is 54.6 Å². The molecule has 3 rings (SSSR count). The van der Waals surface area contributed by atoms with Crippen LogP contribution in [0.4, 0.5) is 16.5 Å². The molecule has 0 amide bonds. The molecular formula is C21H27N6O4PS-2. The maximum Gasteiger partial charge on any atom is 0.249 e. The van der Waals surface area contributed by atoms with Gasteiger partial charge in [-0.2, -0.15) is 17.2 Å². The van der Waals surface area contributed by atoms with Gasteiger partial charge in [-0.25, -0.2) is 0 Å². The third-order valence-electron chi connectivity index (χ3n) is 4.34. The van der Waals surface area contributed by atoms with Gasteiger partial charge in [0.05, 0.1) is 39.9 Å². The van der Waals surface area contributed by atoms with Crippen molar-refractivity contribution in [2.45, 2.75) is 6.92 Å². The lowest BCUT2D eigenvalue weighted by Crippen LogP contribution is -2.42. The fourth-order valence-electron chi connectivity index (χ4n) is 2.68. The summed E-state index contributed by atoms with van der Waals surface area (Å²) >= 11 is 1.25. The molecule has 1 aromatic heterocycles. The van der Waals surface area contributed by atoms with Crippen LogP contribution in [0.3, 0.4) is 0 Å². The molecule has 0 bridgehead atoms. The minimum Gasteiger partial charge on any atom is -0.822 e. The molecule has 0 N–H and O–H groups in total. The number of aromatic nitrogens is 2. The van der Waals surface area contributed by atoms with Gasteiger partial charge in [-0.1, -0.05) is 30.3 Å². The first-order chi connectivity index (χ1) is 15.4. The molecule has 10 nitrogen and oxygen atoms in total. The Kier molecular flexibility index (Phi) is 9.78. The van der Waals surface area contributed by atoms with Gasteiger partial charge in [0.25, 0.3) is 0 Å². The van der Waals surface area contributed by atoms with Crippen molar-refractivity contribution in [1.82, 2.24) is 9.36 Å². The normalized spacial score (nSPS) is 11.8. The van der Waals surface area contributed by atoms with Crippen molar-refractivity contribution in [2.75, 3.05) is 45.7 Å². The van der Waals surface area contributed by atoms with Crippen LogP contribution in [0.25, 0.3) is 11.4 Å². The molecule has 12 heteroatoms. The van der Waals surface area contributed by atoms with Gasteiger partial charge in [0, 0.05) is 29.3 Å². The number of rotatable bonds is 8. The number of anilines is 1. The summed E-state index contributed by atoms with van der Waals surface area (Å²) < 4.78 is 13.9. The Bertz CT molecular complexity index is 1060. The van der Waals surface area contributed by atoms with E-state index in [1.165, 1.54) is 17.2 Å². The van der Waals surface area contributed by atoms with Crippen LogP contribution in [-0.2, 0) is 4.57 Å². The highest BCUT2D eigenvalue weighted by Crippen LogP contribution is 2.26. The molecule has 178 valence electrons. The average molecular weight is 491 g/mol. The highest BCUT2D eigenvalue weighted by atomic mass is 32.1. The summed E-state index contributed by atoms with van der Waals surface area (Å²) in [4.78, 5) is 32.5. The van der Waals surface area contributed by atoms with Crippen molar-refractivity contribution < 1.29 is 23.7 Å². The molecule has 0 aliphatic rings. The second-order valence-corrected chi connectivity index (χ2v) is 9.65. The Balaban J connectivity index is 0.000000696. The molecule has 2 aromatic carbocycles. The van der Waals surface area contributed by atoms with Crippen LogP contribution in [0.15, 0.2) is 64.8 Å². The Morgan fingerprint density at radius 3 is 2.15 bits per heavy atom. The number of quaternary nitrogens is 1. The largest absolute Gasteiger partial charge is 0.822 e. The third-order valence-corrected chi connectivity index (χ3v) is 4.94. The van der Waals surface area contributed by atoms with Crippen molar-refractivity contribution >= 4 is 35.9 Å². The summed E-state index contributed by atoms with van der Waals surface area (Å²) in [7, 11) is 1.26. The number of likely N-dealkylation sites (N-methyl/N-ethyl adjacent to an activating group) is 2. The van der Waals surface area contributed by atoms with Crippen LogP contribution in [0.5, 0.6) is 0 Å². The summed E-state index contributed by atoms with van der Waals surface area (Å²) in [6, 6.07) is 18.1. The van der Waals surface area contributed by atoms with E-state index in [4.69, 9.17) is 19.2 Å². The summed E-state index contributed by atoms with van der Waals surface area (Å²) in [5, 5.41) is 9.10. The highest BCUT2D eigenvalue weighted by molar-refractivity contribution is 7.40. The van der Waals surface area contributed by atoms with E-state index in [9.17, 15) is 0 Å². The predicted molar refractivity (Wildman–Crippen MR) is 124 cm³/mol. The zero-order valence-corrected chi connectivity index (χ0v) is 20.7. The summed E-state index contributed by atoms with van der Waals surface area (Å²) in [5.41, 5.74) is 3.00. The molecule has 0 aliphatic heterocycles. The topological polar surface area (TPSA) is 140 Å². The number of azo groups is 1. The minimum absolute atomic E-state index is 0.557. The Labute approximate surface area is 197 Å². The van der Waals surface area contributed by atoms with Crippen molar-refractivity contribution in [3.63, 3.8) is 0 Å². The van der Waals surface area contributed by atoms with Crippen LogP contribution >= 0.6 is 19.4 Å². The van der Waals surface area contributed by atoms with Crippen molar-refractivity contribution in [2.24, 2.45) is 10.2 Å².